The van der Waals surface area contributed by atoms with Crippen molar-refractivity contribution < 1.29 is 14.3 Å². The minimum atomic E-state index is -0.206. The lowest BCUT2D eigenvalue weighted by Crippen LogP contribution is -2.13. The van der Waals surface area contributed by atoms with Crippen LogP contribution in [-0.4, -0.2) is 26.2 Å². The number of amides is 2. The zero-order valence-corrected chi connectivity index (χ0v) is 17.4. The Labute approximate surface area is 184 Å². The predicted molar refractivity (Wildman–Crippen MR) is 120 cm³/mol. The van der Waals surface area contributed by atoms with Crippen molar-refractivity contribution in [3.8, 4) is 11.5 Å². The molecule has 1 saturated carbocycles. The zero-order chi connectivity index (χ0) is 22.1. The van der Waals surface area contributed by atoms with Crippen LogP contribution >= 0.6 is 0 Å². The summed E-state index contributed by atoms with van der Waals surface area (Å²) in [7, 11) is 0. The number of ether oxygens (including phenoxy) is 1. The number of benzene rings is 1. The summed E-state index contributed by atoms with van der Waals surface area (Å²) in [5.41, 5.74) is 2.70. The first-order valence-corrected chi connectivity index (χ1v) is 10.3. The largest absolute Gasteiger partial charge is 0.456 e. The van der Waals surface area contributed by atoms with E-state index in [1.54, 1.807) is 53.5 Å². The van der Waals surface area contributed by atoms with E-state index in [0.717, 1.165) is 18.4 Å². The Kier molecular flexibility index (Phi) is 5.03. The Morgan fingerprint density at radius 3 is 2.75 bits per heavy atom. The van der Waals surface area contributed by atoms with E-state index in [0.29, 0.717) is 34.2 Å². The van der Waals surface area contributed by atoms with Gasteiger partial charge >= 0.3 is 0 Å². The van der Waals surface area contributed by atoms with Crippen molar-refractivity contribution >= 4 is 29.0 Å². The van der Waals surface area contributed by atoms with Gasteiger partial charge in [-0.2, -0.15) is 0 Å². The molecule has 1 aliphatic carbocycles. The molecule has 1 aromatic carbocycles. The molecule has 1 aliphatic rings. The molecule has 5 rings (SSSR count). The van der Waals surface area contributed by atoms with E-state index in [-0.39, 0.29) is 17.7 Å². The third-order valence-corrected chi connectivity index (χ3v) is 5.22. The maximum atomic E-state index is 12.6. The molecule has 3 aromatic heterocycles. The van der Waals surface area contributed by atoms with Gasteiger partial charge in [0.15, 0.2) is 5.82 Å². The molecule has 8 heteroatoms. The van der Waals surface area contributed by atoms with Crippen LogP contribution in [0.1, 0.15) is 28.8 Å². The first-order valence-electron chi connectivity index (χ1n) is 10.3. The Hall–Kier alpha value is -4.20. The van der Waals surface area contributed by atoms with Gasteiger partial charge in [0.25, 0.3) is 5.91 Å². The number of nitrogens with one attached hydrogen (secondary N) is 2. The summed E-state index contributed by atoms with van der Waals surface area (Å²) >= 11 is 0. The summed E-state index contributed by atoms with van der Waals surface area (Å²) in [5.74, 6) is 1.64. The van der Waals surface area contributed by atoms with Crippen molar-refractivity contribution in [1.29, 1.82) is 0 Å². The molecule has 3 heterocycles. The van der Waals surface area contributed by atoms with Crippen LogP contribution in [0.25, 0.3) is 5.65 Å². The topological polar surface area (TPSA) is 97.6 Å². The minimum Gasteiger partial charge on any atom is -0.456 e. The van der Waals surface area contributed by atoms with Crippen molar-refractivity contribution in [3.05, 3.63) is 78.4 Å². The number of nitrogens with zero attached hydrogens (tertiary/aromatic N) is 3. The maximum absolute atomic E-state index is 12.6. The molecule has 0 radical (unpaired) electrons. The van der Waals surface area contributed by atoms with Crippen molar-refractivity contribution in [3.63, 3.8) is 0 Å². The van der Waals surface area contributed by atoms with Gasteiger partial charge in [-0.25, -0.2) is 4.98 Å². The standard InChI is InChI=1S/C24H21N5O3/c1-15-12-25-10-9-20(15)24(31)26-17-3-2-4-18(11-17)32-19-7-8-22-27-21(14-29(22)13-19)28-23(30)16-5-6-16/h2-4,7-14,16H,5-6H2,1H3,(H,26,31)(H,28,30). The summed E-state index contributed by atoms with van der Waals surface area (Å²) in [4.78, 5) is 32.9. The van der Waals surface area contributed by atoms with Gasteiger partial charge in [0, 0.05) is 35.6 Å². The molecule has 8 nitrogen and oxygen atoms in total. The predicted octanol–water partition coefficient (Wildman–Crippen LogP) is 4.43. The number of aryl methyl sites for hydroxylation is 1. The molecule has 0 atom stereocenters. The smallest absolute Gasteiger partial charge is 0.256 e. The van der Waals surface area contributed by atoms with Crippen molar-refractivity contribution in [2.75, 3.05) is 10.6 Å². The van der Waals surface area contributed by atoms with Gasteiger partial charge in [0.2, 0.25) is 5.91 Å². The van der Waals surface area contributed by atoms with Gasteiger partial charge in [0.05, 0.1) is 12.4 Å². The van der Waals surface area contributed by atoms with E-state index >= 15 is 0 Å². The highest BCUT2D eigenvalue weighted by Crippen LogP contribution is 2.30. The van der Waals surface area contributed by atoms with Crippen LogP contribution < -0.4 is 15.4 Å². The molecule has 0 spiro atoms. The van der Waals surface area contributed by atoms with Crippen LogP contribution in [0, 0.1) is 12.8 Å². The average Bonchev–Trinajstić information content (AvgIpc) is 3.55. The molecule has 4 aromatic rings. The second kappa shape index (κ2) is 8.14. The fourth-order valence-corrected chi connectivity index (χ4v) is 3.37. The summed E-state index contributed by atoms with van der Waals surface area (Å²) in [6, 6.07) is 12.5. The first-order chi connectivity index (χ1) is 15.5. The van der Waals surface area contributed by atoms with Crippen LogP contribution in [0.5, 0.6) is 11.5 Å². The number of aromatic nitrogens is 3. The Bertz CT molecular complexity index is 1330. The lowest BCUT2D eigenvalue weighted by Gasteiger charge is -2.10. The monoisotopic (exact) mass is 427 g/mol. The van der Waals surface area contributed by atoms with E-state index < -0.39 is 0 Å². The van der Waals surface area contributed by atoms with Gasteiger partial charge in [-0.05, 0) is 55.7 Å². The van der Waals surface area contributed by atoms with Crippen LogP contribution in [0.15, 0.2) is 67.3 Å². The minimum absolute atomic E-state index is 0.0192. The van der Waals surface area contributed by atoms with E-state index in [2.05, 4.69) is 20.6 Å². The SMILES string of the molecule is Cc1cnccc1C(=O)Nc1cccc(Oc2ccc3nc(NC(=O)C4CC4)cn3c2)c1. The molecule has 0 bridgehead atoms. The second-order valence-electron chi connectivity index (χ2n) is 7.79. The third kappa shape index (κ3) is 4.29. The highest BCUT2D eigenvalue weighted by Gasteiger charge is 2.30. The molecule has 2 N–H and O–H groups in total. The molecule has 2 amide bonds. The van der Waals surface area contributed by atoms with Crippen LogP contribution in [0.4, 0.5) is 11.5 Å². The second-order valence-corrected chi connectivity index (χ2v) is 7.79. The van der Waals surface area contributed by atoms with E-state index in [1.807, 2.05) is 25.1 Å². The van der Waals surface area contributed by atoms with E-state index in [9.17, 15) is 9.59 Å². The molecule has 0 unspecified atom stereocenters. The lowest BCUT2D eigenvalue weighted by molar-refractivity contribution is -0.117. The lowest BCUT2D eigenvalue weighted by atomic mass is 10.1. The molecule has 1 fully saturated rings. The number of imidazole rings is 1. The Balaban J connectivity index is 1.30. The summed E-state index contributed by atoms with van der Waals surface area (Å²) in [5, 5.41) is 5.74. The molecular formula is C24H21N5O3. The number of carbonyl (C=O) groups is 2. The van der Waals surface area contributed by atoms with Crippen LogP contribution in [-0.2, 0) is 4.79 Å². The van der Waals surface area contributed by atoms with Crippen LogP contribution in [0.2, 0.25) is 0 Å². The van der Waals surface area contributed by atoms with Gasteiger partial charge < -0.3 is 19.8 Å². The van der Waals surface area contributed by atoms with E-state index in [1.165, 1.54) is 0 Å². The van der Waals surface area contributed by atoms with Gasteiger partial charge in [-0.15, -0.1) is 0 Å². The summed E-state index contributed by atoms with van der Waals surface area (Å²) in [6.45, 7) is 1.84. The number of rotatable bonds is 6. The van der Waals surface area contributed by atoms with Crippen molar-refractivity contribution in [1.82, 2.24) is 14.4 Å². The quantitative estimate of drug-likeness (QED) is 0.474. The van der Waals surface area contributed by atoms with Crippen molar-refractivity contribution in [2.24, 2.45) is 5.92 Å². The fraction of sp³-hybridized carbons (Fsp3) is 0.167. The third-order valence-electron chi connectivity index (χ3n) is 5.22. The average molecular weight is 427 g/mol. The fourth-order valence-electron chi connectivity index (χ4n) is 3.37. The highest BCUT2D eigenvalue weighted by molar-refractivity contribution is 6.05. The number of fused-ring (bicyclic) bond motifs is 1. The number of pyridine rings is 2. The normalized spacial score (nSPS) is 13.0. The molecular weight excluding hydrogens is 406 g/mol. The number of hydrogen-bond acceptors (Lipinski definition) is 5. The summed E-state index contributed by atoms with van der Waals surface area (Å²) in [6.07, 6.45) is 8.69. The van der Waals surface area contributed by atoms with Crippen molar-refractivity contribution in [2.45, 2.75) is 19.8 Å². The van der Waals surface area contributed by atoms with Gasteiger partial charge in [0.1, 0.15) is 17.1 Å². The first kappa shape index (κ1) is 19.7. The molecule has 160 valence electrons. The number of carbonyl (C=O) groups excluding carboxylic acids is 2. The number of hydrogen-bond donors (Lipinski definition) is 2. The number of anilines is 2. The summed E-state index contributed by atoms with van der Waals surface area (Å²) < 4.78 is 7.78. The molecule has 32 heavy (non-hydrogen) atoms. The molecule has 0 saturated heterocycles. The van der Waals surface area contributed by atoms with Crippen LogP contribution in [0.3, 0.4) is 0 Å². The maximum Gasteiger partial charge on any atom is 0.256 e. The van der Waals surface area contributed by atoms with E-state index in [4.69, 9.17) is 4.74 Å². The Morgan fingerprint density at radius 2 is 1.94 bits per heavy atom. The zero-order valence-electron chi connectivity index (χ0n) is 17.4. The van der Waals surface area contributed by atoms with Gasteiger partial charge in [-0.3, -0.25) is 14.6 Å². The molecule has 0 aliphatic heterocycles. The highest BCUT2D eigenvalue weighted by atomic mass is 16.5. The Morgan fingerprint density at radius 1 is 1.06 bits per heavy atom. The van der Waals surface area contributed by atoms with Gasteiger partial charge in [-0.1, -0.05) is 6.07 Å².